The number of nitrogens with one attached hydrogen (secondary N) is 2. The second-order valence-corrected chi connectivity index (χ2v) is 7.50. The Labute approximate surface area is 189 Å². The van der Waals surface area contributed by atoms with Crippen molar-refractivity contribution in [2.45, 2.75) is 0 Å². The fourth-order valence-corrected chi connectivity index (χ4v) is 3.87. The number of hydrogen-bond acceptors (Lipinski definition) is 6. The van der Waals surface area contributed by atoms with Gasteiger partial charge < -0.3 is 10.6 Å². The SMILES string of the molecule is O=C(Nc1ccc(-c2nnc3n2-c2cccnc2Nc2ccccc2-3)cc1)c1cccnc1. The Hall–Kier alpha value is -4.85. The highest BCUT2D eigenvalue weighted by atomic mass is 16.1. The third-order valence-electron chi connectivity index (χ3n) is 5.44. The molecule has 0 fully saturated rings. The molecule has 158 valence electrons. The number of nitrogens with zero attached hydrogens (tertiary/aromatic N) is 5. The van der Waals surface area contributed by atoms with Gasteiger partial charge in [-0.3, -0.25) is 14.3 Å². The molecule has 0 bridgehead atoms. The first-order chi connectivity index (χ1) is 16.3. The van der Waals surface area contributed by atoms with Crippen LogP contribution in [0, 0.1) is 0 Å². The molecule has 3 aromatic heterocycles. The fourth-order valence-electron chi connectivity index (χ4n) is 3.87. The lowest BCUT2D eigenvalue weighted by atomic mass is 10.1. The molecule has 4 heterocycles. The van der Waals surface area contributed by atoms with E-state index >= 15 is 0 Å². The van der Waals surface area contributed by atoms with Crippen LogP contribution in [-0.2, 0) is 0 Å². The zero-order chi connectivity index (χ0) is 22.2. The number of hydrogen-bond donors (Lipinski definition) is 2. The summed E-state index contributed by atoms with van der Waals surface area (Å²) < 4.78 is 2.00. The maximum absolute atomic E-state index is 12.4. The van der Waals surface area contributed by atoms with Crippen LogP contribution in [0.1, 0.15) is 10.4 Å². The number of pyridine rings is 2. The molecule has 0 aliphatic carbocycles. The molecule has 1 aliphatic heterocycles. The van der Waals surface area contributed by atoms with E-state index in [9.17, 15) is 4.79 Å². The maximum atomic E-state index is 12.4. The van der Waals surface area contributed by atoms with Crippen molar-refractivity contribution in [3.05, 3.63) is 97.0 Å². The second kappa shape index (κ2) is 7.69. The van der Waals surface area contributed by atoms with Crippen LogP contribution in [0.5, 0.6) is 0 Å². The van der Waals surface area contributed by atoms with Gasteiger partial charge >= 0.3 is 0 Å². The van der Waals surface area contributed by atoms with Crippen LogP contribution in [0.3, 0.4) is 0 Å². The van der Waals surface area contributed by atoms with Crippen molar-refractivity contribution in [1.29, 1.82) is 0 Å². The number of fused-ring (bicyclic) bond motifs is 5. The summed E-state index contributed by atoms with van der Waals surface area (Å²) in [5.74, 6) is 1.93. The van der Waals surface area contributed by atoms with E-state index in [4.69, 9.17) is 0 Å². The lowest BCUT2D eigenvalue weighted by molar-refractivity contribution is 0.102. The van der Waals surface area contributed by atoms with Gasteiger partial charge in [0.25, 0.3) is 5.91 Å². The molecule has 2 aromatic carbocycles. The molecule has 0 unspecified atom stereocenters. The maximum Gasteiger partial charge on any atom is 0.257 e. The Bertz CT molecular complexity index is 1480. The van der Waals surface area contributed by atoms with Crippen molar-refractivity contribution in [2.24, 2.45) is 0 Å². The van der Waals surface area contributed by atoms with Gasteiger partial charge in [0.2, 0.25) is 0 Å². The molecule has 8 heteroatoms. The third-order valence-corrected chi connectivity index (χ3v) is 5.44. The van der Waals surface area contributed by atoms with Gasteiger partial charge in [-0.05, 0) is 60.7 Å². The zero-order valence-corrected chi connectivity index (χ0v) is 17.3. The molecule has 0 saturated heterocycles. The fraction of sp³-hybridized carbons (Fsp3) is 0. The van der Waals surface area contributed by atoms with E-state index in [1.165, 1.54) is 6.20 Å². The van der Waals surface area contributed by atoms with E-state index in [-0.39, 0.29) is 5.91 Å². The largest absolute Gasteiger partial charge is 0.338 e. The summed E-state index contributed by atoms with van der Waals surface area (Å²) in [6, 6.07) is 22.8. The molecular formula is C25H17N7O. The molecule has 0 saturated carbocycles. The van der Waals surface area contributed by atoms with E-state index in [0.29, 0.717) is 17.1 Å². The predicted octanol–water partition coefficient (Wildman–Crippen LogP) is 4.70. The van der Waals surface area contributed by atoms with E-state index < -0.39 is 0 Å². The first-order valence-corrected chi connectivity index (χ1v) is 10.4. The van der Waals surface area contributed by atoms with Crippen LogP contribution >= 0.6 is 0 Å². The minimum Gasteiger partial charge on any atom is -0.338 e. The number of para-hydroxylation sites is 1. The molecule has 1 amide bonds. The van der Waals surface area contributed by atoms with Gasteiger partial charge in [-0.25, -0.2) is 4.98 Å². The highest BCUT2D eigenvalue weighted by Gasteiger charge is 2.24. The Balaban J connectivity index is 1.40. The molecule has 8 nitrogen and oxygen atoms in total. The molecule has 5 aromatic rings. The Morgan fingerprint density at radius 1 is 0.848 bits per heavy atom. The highest BCUT2D eigenvalue weighted by molar-refractivity contribution is 6.04. The lowest BCUT2D eigenvalue weighted by Crippen LogP contribution is -2.11. The third kappa shape index (κ3) is 3.30. The topological polar surface area (TPSA) is 97.6 Å². The van der Waals surface area contributed by atoms with Crippen molar-refractivity contribution in [3.63, 3.8) is 0 Å². The summed E-state index contributed by atoms with van der Waals surface area (Å²) in [5, 5.41) is 15.3. The number of rotatable bonds is 3. The predicted molar refractivity (Wildman–Crippen MR) is 125 cm³/mol. The number of aromatic nitrogens is 5. The highest BCUT2D eigenvalue weighted by Crippen LogP contribution is 2.39. The number of carbonyl (C=O) groups excluding carboxylic acids is 1. The summed E-state index contributed by atoms with van der Waals surface area (Å²) in [5.41, 5.74) is 4.76. The summed E-state index contributed by atoms with van der Waals surface area (Å²) in [4.78, 5) is 20.9. The number of amides is 1. The molecule has 0 spiro atoms. The lowest BCUT2D eigenvalue weighted by Gasteiger charge is -2.11. The summed E-state index contributed by atoms with van der Waals surface area (Å²) in [7, 11) is 0. The monoisotopic (exact) mass is 431 g/mol. The van der Waals surface area contributed by atoms with Crippen molar-refractivity contribution < 1.29 is 4.79 Å². The quantitative estimate of drug-likeness (QED) is 0.422. The van der Waals surface area contributed by atoms with Gasteiger partial charge in [0.05, 0.1) is 16.9 Å². The molecule has 1 aliphatic rings. The molecule has 0 atom stereocenters. The molecule has 2 N–H and O–H groups in total. The van der Waals surface area contributed by atoms with E-state index in [1.807, 2.05) is 65.2 Å². The van der Waals surface area contributed by atoms with Gasteiger partial charge in [-0.1, -0.05) is 12.1 Å². The van der Waals surface area contributed by atoms with Gasteiger partial charge in [-0.2, -0.15) is 0 Å². The van der Waals surface area contributed by atoms with E-state index in [1.54, 1.807) is 24.5 Å². The zero-order valence-electron chi connectivity index (χ0n) is 17.3. The van der Waals surface area contributed by atoms with Gasteiger partial charge in [-0.15, -0.1) is 10.2 Å². The average Bonchev–Trinajstić information content (AvgIpc) is 3.25. The van der Waals surface area contributed by atoms with Crippen molar-refractivity contribution >= 4 is 23.1 Å². The number of anilines is 3. The van der Waals surface area contributed by atoms with Crippen molar-refractivity contribution in [2.75, 3.05) is 10.6 Å². The van der Waals surface area contributed by atoms with Gasteiger partial charge in [0.15, 0.2) is 17.5 Å². The Kier molecular flexibility index (Phi) is 4.40. The Morgan fingerprint density at radius 3 is 2.52 bits per heavy atom. The van der Waals surface area contributed by atoms with Crippen LogP contribution in [0.2, 0.25) is 0 Å². The summed E-state index contributed by atoms with van der Waals surface area (Å²) in [6.07, 6.45) is 4.92. The van der Waals surface area contributed by atoms with Crippen molar-refractivity contribution in [1.82, 2.24) is 24.7 Å². The van der Waals surface area contributed by atoms with Gasteiger partial charge in [0.1, 0.15) is 0 Å². The smallest absolute Gasteiger partial charge is 0.257 e. The van der Waals surface area contributed by atoms with Crippen LogP contribution in [-0.4, -0.2) is 30.6 Å². The van der Waals surface area contributed by atoms with Crippen LogP contribution in [0.15, 0.2) is 91.4 Å². The van der Waals surface area contributed by atoms with E-state index in [2.05, 4.69) is 30.8 Å². The first kappa shape index (κ1) is 18.9. The standard InChI is InChI=1S/C25H17N7O/c33-25(17-5-3-13-26-15-17)28-18-11-9-16(10-12-18)23-30-31-24-19-6-1-2-7-20(19)29-22-21(32(23)24)8-4-14-27-22/h1-15H,(H,27,29)(H,28,33). The second-order valence-electron chi connectivity index (χ2n) is 7.50. The van der Waals surface area contributed by atoms with Crippen LogP contribution < -0.4 is 10.6 Å². The average molecular weight is 431 g/mol. The summed E-state index contributed by atoms with van der Waals surface area (Å²) >= 11 is 0. The molecule has 33 heavy (non-hydrogen) atoms. The number of carbonyl (C=O) groups is 1. The normalized spacial score (nSPS) is 11.4. The number of benzene rings is 2. The molecule has 0 radical (unpaired) electrons. The van der Waals surface area contributed by atoms with Crippen LogP contribution in [0.4, 0.5) is 17.2 Å². The molecule has 6 rings (SSSR count). The first-order valence-electron chi connectivity index (χ1n) is 10.4. The minimum atomic E-state index is -0.213. The minimum absolute atomic E-state index is 0.213. The molecular weight excluding hydrogens is 414 g/mol. The van der Waals surface area contributed by atoms with Gasteiger partial charge in [0, 0.05) is 35.4 Å². The van der Waals surface area contributed by atoms with E-state index in [0.717, 1.165) is 34.1 Å². The Morgan fingerprint density at radius 2 is 1.67 bits per heavy atom. The summed E-state index contributed by atoms with van der Waals surface area (Å²) in [6.45, 7) is 0. The van der Waals surface area contributed by atoms with Crippen molar-refractivity contribution in [3.8, 4) is 28.5 Å². The van der Waals surface area contributed by atoms with Crippen LogP contribution in [0.25, 0.3) is 28.5 Å².